The lowest BCUT2D eigenvalue weighted by molar-refractivity contribution is 0.0647. The fraction of sp³-hybridized carbons (Fsp3) is 0.516. The van der Waals surface area contributed by atoms with Crippen LogP contribution in [-0.4, -0.2) is 71.0 Å². The number of hydrogen-bond acceptors (Lipinski definition) is 5. The number of carbonyl (C=O) groups is 2. The smallest absolute Gasteiger partial charge is 0.408 e. The minimum Gasteiger partial charge on any atom is -0.408 e. The molecule has 2 saturated heterocycles. The Bertz CT molecular complexity index is 1330. The Morgan fingerprint density at radius 1 is 1.00 bits per heavy atom. The number of likely N-dealkylation sites (tertiary alicyclic amines) is 2. The third-order valence-electron chi connectivity index (χ3n) is 8.15. The molecule has 3 aromatic rings. The molecule has 2 aliphatic rings. The van der Waals surface area contributed by atoms with E-state index in [0.717, 1.165) is 56.7 Å². The van der Waals surface area contributed by atoms with Crippen LogP contribution in [0.15, 0.2) is 42.5 Å². The molecule has 0 saturated carbocycles. The van der Waals surface area contributed by atoms with E-state index in [1.807, 2.05) is 12.1 Å². The first-order valence-electron chi connectivity index (χ1n) is 14.4. The van der Waals surface area contributed by atoms with Gasteiger partial charge in [0.15, 0.2) is 5.75 Å². The monoisotopic (exact) mass is 549 g/mol. The van der Waals surface area contributed by atoms with Gasteiger partial charge in [-0.15, -0.1) is 0 Å². The van der Waals surface area contributed by atoms with Gasteiger partial charge in [-0.25, -0.2) is 14.2 Å². The van der Waals surface area contributed by atoms with E-state index in [1.54, 1.807) is 29.2 Å². The van der Waals surface area contributed by atoms with Gasteiger partial charge >= 0.3 is 6.09 Å². The Morgan fingerprint density at radius 3 is 2.40 bits per heavy atom. The highest BCUT2D eigenvalue weighted by Crippen LogP contribution is 2.28. The van der Waals surface area contributed by atoms with Crippen LogP contribution in [0.25, 0.3) is 11.0 Å². The molecule has 9 heteroatoms. The summed E-state index contributed by atoms with van der Waals surface area (Å²) in [4.78, 5) is 37.5. The number of para-hydroxylation sites is 1. The predicted octanol–water partition coefficient (Wildman–Crippen LogP) is 5.35. The fourth-order valence-electron chi connectivity index (χ4n) is 5.67. The Kier molecular flexibility index (Phi) is 8.40. The van der Waals surface area contributed by atoms with Crippen LogP contribution in [0.3, 0.4) is 0 Å². The Labute approximate surface area is 235 Å². The van der Waals surface area contributed by atoms with Crippen molar-refractivity contribution in [3.8, 4) is 5.75 Å². The summed E-state index contributed by atoms with van der Waals surface area (Å²) in [7, 11) is 0. The molecular weight excluding hydrogens is 509 g/mol. The summed E-state index contributed by atoms with van der Waals surface area (Å²) >= 11 is 0. The van der Waals surface area contributed by atoms with E-state index in [9.17, 15) is 14.0 Å². The van der Waals surface area contributed by atoms with Gasteiger partial charge in [0, 0.05) is 31.6 Å². The maximum absolute atomic E-state index is 14.0. The fourth-order valence-corrected chi connectivity index (χ4v) is 5.67. The lowest BCUT2D eigenvalue weighted by atomic mass is 9.92. The quantitative estimate of drug-likeness (QED) is 0.433. The van der Waals surface area contributed by atoms with Crippen molar-refractivity contribution in [2.24, 2.45) is 11.8 Å². The van der Waals surface area contributed by atoms with E-state index in [4.69, 9.17) is 4.74 Å². The standard InChI is InChI=1S/C31H40FN5O3/c1-31(2,3)29-34-25-9-6-10-26(27(25)35-29)40-30(39)33-19-21-11-15-36(16-12-21)20-22-13-17-37(18-14-22)28(38)23-7-4-5-8-24(23)32/h4-10,21-22H,11-20H2,1-3H3,(H,33,39)(H,34,35). The number of nitrogens with zero attached hydrogens (tertiary/aromatic N) is 3. The second-order valence-corrected chi connectivity index (χ2v) is 12.2. The van der Waals surface area contributed by atoms with Crippen molar-refractivity contribution in [3.63, 3.8) is 0 Å². The predicted molar refractivity (Wildman–Crippen MR) is 153 cm³/mol. The van der Waals surface area contributed by atoms with Gasteiger partial charge in [0.2, 0.25) is 0 Å². The number of hydrogen-bond donors (Lipinski definition) is 2. The lowest BCUT2D eigenvalue weighted by Gasteiger charge is -2.37. The average Bonchev–Trinajstić information content (AvgIpc) is 3.40. The van der Waals surface area contributed by atoms with Gasteiger partial charge < -0.3 is 24.8 Å². The number of rotatable bonds is 6. The van der Waals surface area contributed by atoms with Crippen LogP contribution in [0, 0.1) is 17.7 Å². The molecule has 2 amide bonds. The summed E-state index contributed by atoms with van der Waals surface area (Å²) in [6, 6.07) is 11.8. The molecule has 0 unspecified atom stereocenters. The van der Waals surface area contributed by atoms with E-state index in [-0.39, 0.29) is 16.9 Å². The van der Waals surface area contributed by atoms with E-state index in [1.165, 1.54) is 6.07 Å². The van der Waals surface area contributed by atoms with Crippen LogP contribution < -0.4 is 10.1 Å². The zero-order chi connectivity index (χ0) is 28.3. The number of fused-ring (bicyclic) bond motifs is 1. The second-order valence-electron chi connectivity index (χ2n) is 12.2. The lowest BCUT2D eigenvalue weighted by Crippen LogP contribution is -2.44. The summed E-state index contributed by atoms with van der Waals surface area (Å²) < 4.78 is 19.6. The number of H-pyrrole nitrogens is 1. The molecule has 40 heavy (non-hydrogen) atoms. The summed E-state index contributed by atoms with van der Waals surface area (Å²) in [5.41, 5.74) is 1.55. The van der Waals surface area contributed by atoms with Crippen molar-refractivity contribution in [2.45, 2.75) is 51.9 Å². The van der Waals surface area contributed by atoms with E-state index in [2.05, 4.69) is 41.0 Å². The molecule has 2 aliphatic heterocycles. The Hall–Kier alpha value is -3.46. The molecule has 0 aliphatic carbocycles. The molecule has 0 bridgehead atoms. The molecule has 214 valence electrons. The topological polar surface area (TPSA) is 90.6 Å². The van der Waals surface area contributed by atoms with Gasteiger partial charge in [0.1, 0.15) is 17.2 Å². The van der Waals surface area contributed by atoms with Crippen LogP contribution in [0.4, 0.5) is 9.18 Å². The Morgan fingerprint density at radius 2 is 1.70 bits per heavy atom. The normalized spacial score (nSPS) is 17.8. The number of ether oxygens (including phenoxy) is 1. The molecule has 8 nitrogen and oxygen atoms in total. The minimum atomic E-state index is -0.454. The van der Waals surface area contributed by atoms with Gasteiger partial charge in [-0.05, 0) is 74.9 Å². The largest absolute Gasteiger partial charge is 0.412 e. The van der Waals surface area contributed by atoms with Crippen molar-refractivity contribution in [1.29, 1.82) is 0 Å². The zero-order valence-corrected chi connectivity index (χ0v) is 23.7. The van der Waals surface area contributed by atoms with Gasteiger partial charge in [-0.3, -0.25) is 4.79 Å². The molecule has 1 aromatic heterocycles. The maximum Gasteiger partial charge on any atom is 0.412 e. The summed E-state index contributed by atoms with van der Waals surface area (Å²) in [6.45, 7) is 11.2. The van der Waals surface area contributed by atoms with Crippen molar-refractivity contribution >= 4 is 23.0 Å². The number of carbonyl (C=O) groups excluding carboxylic acids is 2. The number of halogens is 1. The summed E-state index contributed by atoms with van der Waals surface area (Å²) in [6.07, 6.45) is 3.47. The number of nitrogens with one attached hydrogen (secondary N) is 2. The molecule has 2 fully saturated rings. The summed E-state index contributed by atoms with van der Waals surface area (Å²) in [5, 5.41) is 2.95. The molecule has 0 spiro atoms. The molecular formula is C31H40FN5O3. The van der Waals surface area contributed by atoms with Crippen LogP contribution in [0.5, 0.6) is 5.75 Å². The van der Waals surface area contributed by atoms with E-state index >= 15 is 0 Å². The van der Waals surface area contributed by atoms with Gasteiger partial charge in [-0.2, -0.15) is 0 Å². The van der Waals surface area contributed by atoms with Gasteiger partial charge in [0.25, 0.3) is 5.91 Å². The zero-order valence-electron chi connectivity index (χ0n) is 23.7. The van der Waals surface area contributed by atoms with Crippen molar-refractivity contribution < 1.29 is 18.7 Å². The van der Waals surface area contributed by atoms with Crippen LogP contribution in [-0.2, 0) is 5.41 Å². The molecule has 2 N–H and O–H groups in total. The van der Waals surface area contributed by atoms with E-state index < -0.39 is 11.9 Å². The number of aromatic nitrogens is 2. The molecule has 5 rings (SSSR count). The maximum atomic E-state index is 14.0. The van der Waals surface area contributed by atoms with E-state index in [0.29, 0.717) is 42.7 Å². The molecule has 0 radical (unpaired) electrons. The van der Waals surface area contributed by atoms with Crippen LogP contribution >= 0.6 is 0 Å². The van der Waals surface area contributed by atoms with Crippen molar-refractivity contribution in [2.75, 3.05) is 39.3 Å². The first kappa shape index (κ1) is 28.1. The highest BCUT2D eigenvalue weighted by Gasteiger charge is 2.28. The van der Waals surface area contributed by atoms with Gasteiger partial charge in [-0.1, -0.05) is 39.0 Å². The average molecular weight is 550 g/mol. The van der Waals surface area contributed by atoms with Crippen molar-refractivity contribution in [1.82, 2.24) is 25.1 Å². The number of aromatic amines is 1. The third-order valence-corrected chi connectivity index (χ3v) is 8.15. The van der Waals surface area contributed by atoms with Crippen molar-refractivity contribution in [3.05, 3.63) is 59.7 Å². The van der Waals surface area contributed by atoms with Crippen LogP contribution in [0.1, 0.15) is 62.6 Å². The number of benzene rings is 2. The number of amides is 2. The summed E-state index contributed by atoms with van der Waals surface area (Å²) in [5.74, 6) is 1.60. The molecule has 3 heterocycles. The number of piperidine rings is 2. The highest BCUT2D eigenvalue weighted by molar-refractivity contribution is 5.94. The minimum absolute atomic E-state index is 0.132. The number of imidazole rings is 1. The first-order valence-corrected chi connectivity index (χ1v) is 14.4. The third kappa shape index (κ3) is 6.63. The SMILES string of the molecule is CC(C)(C)c1nc2c(OC(=O)NCC3CCN(CC4CCN(C(=O)c5ccccc5F)CC4)CC3)cccc2[nH]1. The molecule has 2 aromatic carbocycles. The van der Waals surface area contributed by atoms with Crippen LogP contribution in [0.2, 0.25) is 0 Å². The first-order chi connectivity index (χ1) is 19.2. The Balaban J connectivity index is 1.02. The molecule has 0 atom stereocenters. The second kappa shape index (κ2) is 12.0. The highest BCUT2D eigenvalue weighted by atomic mass is 19.1. The van der Waals surface area contributed by atoms with Gasteiger partial charge in [0.05, 0.1) is 11.1 Å².